The van der Waals surface area contributed by atoms with Crippen LogP contribution in [-0.2, 0) is 113 Å². The third kappa shape index (κ3) is 20.9. The number of fused-ring (bicyclic) bond motifs is 10. The van der Waals surface area contributed by atoms with Crippen LogP contribution in [0, 0.1) is 25.7 Å². The van der Waals surface area contributed by atoms with Gasteiger partial charge in [-0.25, -0.2) is 19.2 Å². The third-order valence-corrected chi connectivity index (χ3v) is 24.9. The van der Waals surface area contributed by atoms with Gasteiger partial charge in [-0.05, 0) is 103 Å². The minimum absolute atomic E-state index is 0.201. The Labute approximate surface area is 710 Å². The second kappa shape index (κ2) is 38.0. The van der Waals surface area contributed by atoms with Gasteiger partial charge in [0, 0.05) is 130 Å². The van der Waals surface area contributed by atoms with E-state index in [0.29, 0.717) is 35.3 Å². The first-order valence-electron chi connectivity index (χ1n) is 39.8. The average molecular weight is 1730 g/mol. The summed E-state index contributed by atoms with van der Waals surface area (Å²) in [6.07, 6.45) is -0.242. The maximum atomic E-state index is 14.9. The number of esters is 1. The second-order valence-electron chi connectivity index (χ2n) is 32.5. The topological polar surface area (TPSA) is 419 Å². The smallest absolute Gasteiger partial charge is 0.409 e. The van der Waals surface area contributed by atoms with E-state index < -0.39 is 243 Å². The Morgan fingerprint density at radius 3 is 1.32 bits per heavy atom. The lowest BCUT2D eigenvalue weighted by molar-refractivity contribution is -0.309. The molecule has 0 spiro atoms. The van der Waals surface area contributed by atoms with E-state index in [1.165, 1.54) is 66.1 Å². The number of epoxide rings is 2. The van der Waals surface area contributed by atoms with Crippen molar-refractivity contribution in [2.75, 3.05) is 78.4 Å². The molecule has 4 saturated heterocycles. The van der Waals surface area contributed by atoms with Gasteiger partial charge in [0.25, 0.3) is 23.6 Å². The van der Waals surface area contributed by atoms with E-state index >= 15 is 0 Å². The summed E-state index contributed by atoms with van der Waals surface area (Å²) in [5.41, 5.74) is -1.72. The van der Waals surface area contributed by atoms with Crippen LogP contribution in [0.1, 0.15) is 129 Å². The number of imide groups is 2. The van der Waals surface area contributed by atoms with Gasteiger partial charge in [-0.1, -0.05) is 96.8 Å². The van der Waals surface area contributed by atoms with Crippen molar-refractivity contribution in [2.24, 2.45) is 11.8 Å². The molecule has 8 heterocycles. The zero-order valence-electron chi connectivity index (χ0n) is 70.5. The summed E-state index contributed by atoms with van der Waals surface area (Å²) in [6.45, 7) is 13.9. The molecule has 4 fully saturated rings. The number of amides is 12. The first-order chi connectivity index (χ1) is 56.9. The molecule has 4 N–H and O–H groups in total. The Kier molecular flexibility index (Phi) is 29.2. The van der Waals surface area contributed by atoms with Crippen LogP contribution in [0.4, 0.5) is 21.0 Å². The zero-order valence-corrected chi connectivity index (χ0v) is 72.0. The number of anilines is 2. The van der Waals surface area contributed by atoms with Gasteiger partial charge in [-0.3, -0.25) is 83.3 Å². The number of nitrogens with one attached hydrogen (secondary N) is 2. The number of hydrogen-bond donors (Lipinski definition) is 4. The molecule has 8 aliphatic heterocycles. The largest absolute Gasteiger partial charge is 0.457 e. The van der Waals surface area contributed by atoms with E-state index in [1.54, 1.807) is 78.0 Å². The summed E-state index contributed by atoms with van der Waals surface area (Å²) in [5, 5.41) is 31.2. The van der Waals surface area contributed by atoms with Crippen molar-refractivity contribution in [3.05, 3.63) is 128 Å². The van der Waals surface area contributed by atoms with Gasteiger partial charge < -0.3 is 63.0 Å². The molecule has 35 nitrogen and oxygen atoms in total. The van der Waals surface area contributed by atoms with Crippen molar-refractivity contribution in [1.82, 2.24) is 40.3 Å². The van der Waals surface area contributed by atoms with Crippen LogP contribution in [0.3, 0.4) is 0 Å². The normalized spacial score (nSPS) is 30.0. The number of nitrogens with zero attached hydrogens (tertiary/aromatic N) is 8. The number of hydrogen-bond acceptors (Lipinski definition) is 25. The number of aliphatic hydroxyl groups is 2. The average Bonchev–Trinajstić information content (AvgIpc) is 1.51. The highest BCUT2D eigenvalue weighted by atomic mass is 35.5. The number of rotatable bonds is 21. The van der Waals surface area contributed by atoms with Gasteiger partial charge in [0.1, 0.15) is 59.9 Å². The summed E-state index contributed by atoms with van der Waals surface area (Å²) in [6, 6.07) is 4.20. The van der Waals surface area contributed by atoms with E-state index in [-0.39, 0.29) is 22.9 Å². The molecule has 37 heteroatoms. The van der Waals surface area contributed by atoms with Crippen molar-refractivity contribution in [1.29, 1.82) is 0 Å². The van der Waals surface area contributed by atoms with Crippen LogP contribution in [0.15, 0.2) is 96.2 Å². The number of hydrazine groups is 1. The van der Waals surface area contributed by atoms with E-state index in [2.05, 4.69) is 10.6 Å². The van der Waals surface area contributed by atoms with Crippen molar-refractivity contribution in [2.45, 2.75) is 217 Å². The van der Waals surface area contributed by atoms with Crippen LogP contribution < -0.4 is 20.4 Å². The maximum absolute atomic E-state index is 14.9. The number of carbonyl (C=O) groups excluding carboxylic acids is 14. The third-order valence-electron chi connectivity index (χ3n) is 23.9. The minimum atomic E-state index is -2.00. The van der Waals surface area contributed by atoms with Crippen LogP contribution in [-0.4, -0.2) is 275 Å². The van der Waals surface area contributed by atoms with Gasteiger partial charge in [0.15, 0.2) is 11.4 Å². The highest BCUT2D eigenvalue weighted by Crippen LogP contribution is 2.51. The molecule has 2 unspecified atom stereocenters. The van der Waals surface area contributed by atoms with Gasteiger partial charge in [-0.2, -0.15) is 4.89 Å². The van der Waals surface area contributed by atoms with Gasteiger partial charge in [-0.15, -0.1) is 0 Å². The number of halogens is 2. The molecule has 16 atom stereocenters. The number of methoxy groups -OCH3 is 2. The standard InChI is InChI=1S/C84H106Cl2N10O25/c1-45-19-17-21-59(113-15)83(111)43-57(115-79(109)87-83)49(5)75-81(9,118-75)61(41-71(105)91(13)55-39-53(35-45)37-47(3)73(55)85)117-77(107)51(7)89(11)63(97)29-33-95(69(103)27-31-93-65(99)23-24-66(93)100)96(70(104)28-32-94-67(101)25-26-68(94)102)34-30-64(98)90(12)52(8)78(108)121-120-62-42-72(106)92(14)56-40-54(38-48(4)74(56)86)36-46(2)20-18-22-60(114-16)84(112)44-58(116-80(110)88-84)50(6)76-82(62,10)119-76/h17-26,37-40,49-52,57-62,75-76,111-112H,27-36,41-44H2,1-16H3,(H,87,109)(H,88,110)/b21-17+,22-18+,45-19+,46-20+/t49-,50-,51+,52+,57?,58?,59-,60-,61+,62+,75-,76-,81-,82-,83+,84+/m1/s1. The molecule has 8 bridgehead atoms. The number of likely N-dealkylation sites (N-methyl/N-ethyl adjacent to an activating group) is 2. The van der Waals surface area contributed by atoms with Crippen molar-refractivity contribution in [3.63, 3.8) is 0 Å². The van der Waals surface area contributed by atoms with Crippen LogP contribution in [0.25, 0.3) is 0 Å². The summed E-state index contributed by atoms with van der Waals surface area (Å²) in [5.74, 6) is -11.8. The first-order valence-corrected chi connectivity index (χ1v) is 40.5. The fourth-order valence-electron chi connectivity index (χ4n) is 15.9. The molecule has 10 rings (SSSR count). The lowest BCUT2D eigenvalue weighted by Gasteiger charge is -2.42. The van der Waals surface area contributed by atoms with Crippen molar-refractivity contribution >= 4 is 118 Å². The molecule has 12 amide bonds. The number of allylic oxidation sites excluding steroid dienone is 6. The predicted molar refractivity (Wildman–Crippen MR) is 433 cm³/mol. The van der Waals surface area contributed by atoms with Gasteiger partial charge in [0.05, 0.1) is 59.6 Å². The van der Waals surface area contributed by atoms with Crippen molar-refractivity contribution in [3.8, 4) is 0 Å². The van der Waals surface area contributed by atoms with E-state index in [0.717, 1.165) is 76.2 Å². The predicted octanol–water partition coefficient (Wildman–Crippen LogP) is 5.56. The van der Waals surface area contributed by atoms with E-state index in [4.69, 9.17) is 66.1 Å². The minimum Gasteiger partial charge on any atom is -0.457 e. The highest BCUT2D eigenvalue weighted by Gasteiger charge is 2.66. The van der Waals surface area contributed by atoms with Gasteiger partial charge in [0.2, 0.25) is 35.4 Å². The summed E-state index contributed by atoms with van der Waals surface area (Å²) in [7, 11) is 8.19. The molecule has 121 heavy (non-hydrogen) atoms. The fraction of sp³-hybridized carbons (Fsp3) is 0.548. The van der Waals surface area contributed by atoms with Gasteiger partial charge >= 0.3 is 24.1 Å². The molecular formula is C84H106Cl2N10O25. The Bertz CT molecular complexity index is 4630. The highest BCUT2D eigenvalue weighted by molar-refractivity contribution is 6.35. The fourth-order valence-corrected chi connectivity index (χ4v) is 16.4. The second-order valence-corrected chi connectivity index (χ2v) is 33.2. The molecule has 0 aliphatic carbocycles. The summed E-state index contributed by atoms with van der Waals surface area (Å²) in [4.78, 5) is 213. The number of benzene rings is 2. The monoisotopic (exact) mass is 1720 g/mol. The molecular weight excluding hydrogens is 1620 g/mol. The summed E-state index contributed by atoms with van der Waals surface area (Å²) >= 11 is 13.8. The molecule has 2 aromatic rings. The zero-order chi connectivity index (χ0) is 89.0. The number of aryl methyl sites for hydroxylation is 2. The SMILES string of the molecule is CO[C@@H]1/C=C/C=C(\C)Cc2cc(C)c(Cl)c(c2)N(C)C(=O)C[C@H](OOC(=O)[C@H](C)N(C)C(=O)CCN(C(=O)CCN2C(=O)C=CC2=O)N(CCC(=O)N(C)[C@@H](C)C(=O)O[C@H]2CC(=O)N(C)c3cc(cc(C)c3Cl)C/C(C)=C/C=C/[C@@H](OC)[C@@]3(O)CC(OC(=O)N3)[C@@H](C)[C@H]3O[C@]23C)C(=O)CCN2C(=O)C=CC2=O)[C@@]2(C)O[C@@H]2[C@H](C)C2C[C@@]1(O)NC(=O)O2. The van der Waals surface area contributed by atoms with Crippen molar-refractivity contribution < 1.29 is 120 Å². The van der Waals surface area contributed by atoms with Crippen LogP contribution in [0.5, 0.6) is 0 Å². The molecule has 0 radical (unpaired) electrons. The molecule has 2 aromatic carbocycles. The Morgan fingerprint density at radius 2 is 0.934 bits per heavy atom. The quantitative estimate of drug-likeness (QED) is 0.0297. The lowest BCUT2D eigenvalue weighted by Crippen LogP contribution is -2.63. The first kappa shape index (κ1) is 93.0. The number of ether oxygens (including phenoxy) is 7. The van der Waals surface area contributed by atoms with E-state index in [1.807, 2.05) is 38.1 Å². The maximum Gasteiger partial charge on any atom is 0.409 e. The Balaban J connectivity index is 0.882. The molecule has 0 saturated carbocycles. The molecule has 8 aliphatic rings. The Hall–Kier alpha value is -10.2. The summed E-state index contributed by atoms with van der Waals surface area (Å²) < 4.78 is 41.9. The number of carbonyl (C=O) groups is 14. The Morgan fingerprint density at radius 1 is 0.562 bits per heavy atom. The van der Waals surface area contributed by atoms with Crippen LogP contribution >= 0.6 is 23.2 Å². The number of alkyl carbamates (subject to hydrolysis) is 2. The lowest BCUT2D eigenvalue weighted by atomic mass is 9.83. The molecule has 656 valence electrons. The van der Waals surface area contributed by atoms with E-state index in [9.17, 15) is 77.3 Å². The van der Waals surface area contributed by atoms with Crippen LogP contribution in [0.2, 0.25) is 10.0 Å². The molecule has 0 aromatic heterocycles.